The van der Waals surface area contributed by atoms with Crippen molar-refractivity contribution in [3.05, 3.63) is 46.2 Å². The van der Waals surface area contributed by atoms with E-state index >= 15 is 0 Å². The Balaban J connectivity index is 2.44. The molecule has 0 saturated carbocycles. The Kier molecular flexibility index (Phi) is 3.19. The number of hydrogen-bond acceptors (Lipinski definition) is 2. The standard InChI is InChI=1S/C11H10Cl2N2O/c1-7(16)8-2-3-11(10(13)4-8)15-6-9(12)5-14-15/h2-7,16H,1H3/t7-/m0/s1. The SMILES string of the molecule is C[C@H](O)c1ccc(-n2cc(Cl)cn2)c(Cl)c1. The van der Waals surface area contributed by atoms with E-state index in [2.05, 4.69) is 5.10 Å². The number of aliphatic hydroxyl groups excluding tert-OH is 1. The molecule has 3 nitrogen and oxygen atoms in total. The van der Waals surface area contributed by atoms with E-state index in [1.54, 1.807) is 36.1 Å². The Morgan fingerprint density at radius 1 is 1.38 bits per heavy atom. The Morgan fingerprint density at radius 2 is 2.12 bits per heavy atom. The molecule has 0 fully saturated rings. The Hall–Kier alpha value is -1.03. The first-order chi connectivity index (χ1) is 7.58. The second-order valence-electron chi connectivity index (χ2n) is 3.49. The summed E-state index contributed by atoms with van der Waals surface area (Å²) < 4.78 is 1.59. The first kappa shape index (κ1) is 11.5. The molecule has 0 aliphatic heterocycles. The van der Waals surface area contributed by atoms with Crippen LogP contribution in [0.2, 0.25) is 10.0 Å². The van der Waals surface area contributed by atoms with Crippen LogP contribution in [0.15, 0.2) is 30.6 Å². The van der Waals surface area contributed by atoms with Crippen molar-refractivity contribution in [1.82, 2.24) is 9.78 Å². The molecule has 1 aromatic heterocycles. The Morgan fingerprint density at radius 3 is 2.62 bits per heavy atom. The van der Waals surface area contributed by atoms with Gasteiger partial charge in [-0.05, 0) is 24.6 Å². The van der Waals surface area contributed by atoms with Gasteiger partial charge in [-0.15, -0.1) is 0 Å². The normalized spacial score (nSPS) is 12.8. The zero-order valence-corrected chi connectivity index (χ0v) is 10.1. The Labute approximate surface area is 103 Å². The highest BCUT2D eigenvalue weighted by molar-refractivity contribution is 6.32. The molecule has 16 heavy (non-hydrogen) atoms. The average molecular weight is 257 g/mol. The van der Waals surface area contributed by atoms with E-state index in [1.807, 2.05) is 6.07 Å². The minimum absolute atomic E-state index is 0.526. The fourth-order valence-electron chi connectivity index (χ4n) is 1.40. The summed E-state index contributed by atoms with van der Waals surface area (Å²) >= 11 is 11.9. The van der Waals surface area contributed by atoms with Gasteiger partial charge in [0.1, 0.15) is 0 Å². The molecule has 0 amide bonds. The number of halogens is 2. The van der Waals surface area contributed by atoms with Crippen molar-refractivity contribution in [2.45, 2.75) is 13.0 Å². The molecule has 0 radical (unpaired) electrons. The zero-order valence-electron chi connectivity index (χ0n) is 8.56. The van der Waals surface area contributed by atoms with Crippen LogP contribution in [-0.2, 0) is 0 Å². The molecule has 0 aliphatic rings. The molecule has 0 bridgehead atoms. The maximum atomic E-state index is 9.41. The molecule has 0 unspecified atom stereocenters. The molecule has 1 heterocycles. The van der Waals surface area contributed by atoms with Gasteiger partial charge in [0.05, 0.1) is 28.0 Å². The minimum Gasteiger partial charge on any atom is -0.389 e. The number of rotatable bonds is 2. The maximum Gasteiger partial charge on any atom is 0.0832 e. The van der Waals surface area contributed by atoms with Crippen molar-refractivity contribution in [2.24, 2.45) is 0 Å². The zero-order chi connectivity index (χ0) is 11.7. The summed E-state index contributed by atoms with van der Waals surface area (Å²) in [6, 6.07) is 5.33. The number of benzene rings is 1. The second-order valence-corrected chi connectivity index (χ2v) is 4.33. The van der Waals surface area contributed by atoms with E-state index in [9.17, 15) is 5.11 Å². The van der Waals surface area contributed by atoms with Crippen LogP contribution in [0.5, 0.6) is 0 Å². The van der Waals surface area contributed by atoms with Crippen molar-refractivity contribution in [3.63, 3.8) is 0 Å². The quantitative estimate of drug-likeness (QED) is 0.896. The number of hydrogen-bond donors (Lipinski definition) is 1. The van der Waals surface area contributed by atoms with Gasteiger partial charge < -0.3 is 5.11 Å². The highest BCUT2D eigenvalue weighted by Gasteiger charge is 2.08. The van der Waals surface area contributed by atoms with Gasteiger partial charge in [-0.25, -0.2) is 4.68 Å². The molecule has 1 aromatic carbocycles. The molecule has 2 aromatic rings. The van der Waals surface area contributed by atoms with Crippen molar-refractivity contribution in [3.8, 4) is 5.69 Å². The van der Waals surface area contributed by atoms with Crippen molar-refractivity contribution in [1.29, 1.82) is 0 Å². The highest BCUT2D eigenvalue weighted by Crippen LogP contribution is 2.25. The van der Waals surface area contributed by atoms with Crippen LogP contribution >= 0.6 is 23.2 Å². The number of nitrogens with zero attached hydrogens (tertiary/aromatic N) is 2. The second kappa shape index (κ2) is 4.45. The third-order valence-corrected chi connectivity index (χ3v) is 2.75. The van der Waals surface area contributed by atoms with Crippen LogP contribution < -0.4 is 0 Å². The van der Waals surface area contributed by atoms with Gasteiger partial charge in [-0.3, -0.25) is 0 Å². The molecular formula is C11H10Cl2N2O. The first-order valence-electron chi connectivity index (χ1n) is 4.76. The fraction of sp³-hybridized carbons (Fsp3) is 0.182. The van der Waals surface area contributed by atoms with Gasteiger partial charge in [0.25, 0.3) is 0 Å². The topological polar surface area (TPSA) is 38.0 Å². The van der Waals surface area contributed by atoms with Crippen LogP contribution in [0.3, 0.4) is 0 Å². The lowest BCUT2D eigenvalue weighted by molar-refractivity contribution is 0.199. The average Bonchev–Trinajstić information content (AvgIpc) is 2.64. The summed E-state index contributed by atoms with van der Waals surface area (Å²) in [6.07, 6.45) is 2.68. The molecule has 84 valence electrons. The van der Waals surface area contributed by atoms with Crippen LogP contribution in [0.1, 0.15) is 18.6 Å². The fourth-order valence-corrected chi connectivity index (χ4v) is 1.81. The molecule has 1 N–H and O–H groups in total. The summed E-state index contributed by atoms with van der Waals surface area (Å²) in [6.45, 7) is 1.69. The largest absolute Gasteiger partial charge is 0.389 e. The number of aromatic nitrogens is 2. The smallest absolute Gasteiger partial charge is 0.0832 e. The molecule has 1 atom stereocenters. The third-order valence-electron chi connectivity index (χ3n) is 2.25. The van der Waals surface area contributed by atoms with E-state index < -0.39 is 6.10 Å². The van der Waals surface area contributed by atoms with E-state index in [4.69, 9.17) is 23.2 Å². The summed E-state index contributed by atoms with van der Waals surface area (Å²) in [5.41, 5.74) is 1.50. The minimum atomic E-state index is -0.534. The van der Waals surface area contributed by atoms with Crippen LogP contribution in [0.25, 0.3) is 5.69 Å². The lowest BCUT2D eigenvalue weighted by Gasteiger charge is -2.08. The Bertz CT molecular complexity index is 508. The first-order valence-corrected chi connectivity index (χ1v) is 5.51. The third kappa shape index (κ3) is 2.21. The lowest BCUT2D eigenvalue weighted by Crippen LogP contribution is -1.97. The molecular weight excluding hydrogens is 247 g/mol. The summed E-state index contributed by atoms with van der Waals surface area (Å²) in [5, 5.41) is 14.5. The predicted molar refractivity (Wildman–Crippen MR) is 64.2 cm³/mol. The molecule has 0 aliphatic carbocycles. The van der Waals surface area contributed by atoms with E-state index in [-0.39, 0.29) is 0 Å². The van der Waals surface area contributed by atoms with E-state index in [0.717, 1.165) is 11.3 Å². The van der Waals surface area contributed by atoms with Crippen molar-refractivity contribution in [2.75, 3.05) is 0 Å². The molecule has 5 heteroatoms. The van der Waals surface area contributed by atoms with Gasteiger partial charge in [0.2, 0.25) is 0 Å². The maximum absolute atomic E-state index is 9.41. The van der Waals surface area contributed by atoms with Gasteiger partial charge in [-0.1, -0.05) is 29.3 Å². The lowest BCUT2D eigenvalue weighted by atomic mass is 10.1. The van der Waals surface area contributed by atoms with Gasteiger partial charge in [0.15, 0.2) is 0 Å². The van der Waals surface area contributed by atoms with Crippen LogP contribution in [0.4, 0.5) is 0 Å². The highest BCUT2D eigenvalue weighted by atomic mass is 35.5. The van der Waals surface area contributed by atoms with Gasteiger partial charge in [0, 0.05) is 6.20 Å². The summed E-state index contributed by atoms with van der Waals surface area (Å²) in [4.78, 5) is 0. The molecule has 0 saturated heterocycles. The summed E-state index contributed by atoms with van der Waals surface area (Å²) in [7, 11) is 0. The van der Waals surface area contributed by atoms with Gasteiger partial charge in [-0.2, -0.15) is 5.10 Å². The molecule has 0 spiro atoms. The monoisotopic (exact) mass is 256 g/mol. The van der Waals surface area contributed by atoms with Crippen LogP contribution in [-0.4, -0.2) is 14.9 Å². The number of aliphatic hydroxyl groups is 1. The van der Waals surface area contributed by atoms with Crippen molar-refractivity contribution < 1.29 is 5.11 Å². The van der Waals surface area contributed by atoms with Crippen molar-refractivity contribution >= 4 is 23.2 Å². The summed E-state index contributed by atoms with van der Waals surface area (Å²) in [5.74, 6) is 0. The van der Waals surface area contributed by atoms with E-state index in [0.29, 0.717) is 10.0 Å². The van der Waals surface area contributed by atoms with Gasteiger partial charge >= 0.3 is 0 Å². The predicted octanol–water partition coefficient (Wildman–Crippen LogP) is 3.23. The van der Waals surface area contributed by atoms with E-state index in [1.165, 1.54) is 0 Å². The van der Waals surface area contributed by atoms with Crippen LogP contribution in [0, 0.1) is 0 Å². The molecule has 2 rings (SSSR count).